The van der Waals surface area contributed by atoms with Gasteiger partial charge in [-0.05, 0) is 18.1 Å². The van der Waals surface area contributed by atoms with Gasteiger partial charge in [-0.25, -0.2) is 4.79 Å². The van der Waals surface area contributed by atoms with Crippen molar-refractivity contribution >= 4 is 23.0 Å². The predicted molar refractivity (Wildman–Crippen MR) is 104 cm³/mol. The van der Waals surface area contributed by atoms with Crippen LogP contribution in [0.4, 0.5) is 5.69 Å². The Labute approximate surface area is 161 Å². The lowest BCUT2D eigenvalue weighted by molar-refractivity contribution is 0.0605. The van der Waals surface area contributed by atoms with Crippen LogP contribution in [0.1, 0.15) is 37.3 Å². The van der Waals surface area contributed by atoms with Crippen molar-refractivity contribution in [1.29, 1.82) is 5.26 Å². The van der Waals surface area contributed by atoms with Gasteiger partial charge >= 0.3 is 5.97 Å². The van der Waals surface area contributed by atoms with E-state index in [1.54, 1.807) is 6.92 Å². The van der Waals surface area contributed by atoms with Gasteiger partial charge < -0.3 is 4.74 Å². The van der Waals surface area contributed by atoms with E-state index in [2.05, 4.69) is 16.3 Å². The van der Waals surface area contributed by atoms with Crippen molar-refractivity contribution in [3.63, 3.8) is 0 Å². The van der Waals surface area contributed by atoms with E-state index in [0.29, 0.717) is 21.0 Å². The van der Waals surface area contributed by atoms with Gasteiger partial charge in [-0.15, -0.1) is 11.3 Å². The van der Waals surface area contributed by atoms with Gasteiger partial charge in [0.15, 0.2) is 0 Å². The number of thiophene rings is 1. The highest BCUT2D eigenvalue weighted by atomic mass is 32.1. The van der Waals surface area contributed by atoms with Gasteiger partial charge in [-0.1, -0.05) is 60.7 Å². The quantitative estimate of drug-likeness (QED) is 0.431. The molecule has 0 aliphatic carbocycles. The summed E-state index contributed by atoms with van der Waals surface area (Å²) in [7, 11) is 1.32. The number of carbonyl (C=O) groups is 1. The zero-order valence-electron chi connectivity index (χ0n) is 14.9. The standard InChI is InChI=1S/C21H17N3O2S/c1-14-18(17(13-22)27-20(14)21(25)26-2)23-24-19(15-9-5-3-6-10-15)16-11-7-4-8-12-16/h3-12,19H,1-2H3. The van der Waals surface area contributed by atoms with Crippen molar-refractivity contribution < 1.29 is 9.53 Å². The molecule has 0 saturated heterocycles. The van der Waals surface area contributed by atoms with E-state index in [9.17, 15) is 10.1 Å². The van der Waals surface area contributed by atoms with Gasteiger partial charge in [-0.2, -0.15) is 15.5 Å². The number of esters is 1. The van der Waals surface area contributed by atoms with E-state index < -0.39 is 5.97 Å². The summed E-state index contributed by atoms with van der Waals surface area (Å²) in [4.78, 5) is 12.6. The van der Waals surface area contributed by atoms with Crippen molar-refractivity contribution in [1.82, 2.24) is 0 Å². The molecule has 0 aliphatic rings. The van der Waals surface area contributed by atoms with Crippen molar-refractivity contribution in [2.75, 3.05) is 7.11 Å². The summed E-state index contributed by atoms with van der Waals surface area (Å²) in [5.41, 5.74) is 3.01. The predicted octanol–water partition coefficient (Wildman–Crippen LogP) is 5.59. The molecule has 3 aromatic rings. The maximum Gasteiger partial charge on any atom is 0.348 e. The first-order valence-electron chi connectivity index (χ1n) is 8.28. The molecule has 0 amide bonds. The summed E-state index contributed by atoms with van der Waals surface area (Å²) < 4.78 is 4.78. The maximum absolute atomic E-state index is 11.9. The van der Waals surface area contributed by atoms with Gasteiger partial charge in [-0.3, -0.25) is 0 Å². The number of methoxy groups -OCH3 is 1. The number of carbonyl (C=O) groups excluding carboxylic acids is 1. The Morgan fingerprint density at radius 2 is 1.63 bits per heavy atom. The number of nitriles is 1. The van der Waals surface area contributed by atoms with Crippen LogP contribution in [0, 0.1) is 18.3 Å². The maximum atomic E-state index is 11.9. The van der Waals surface area contributed by atoms with Gasteiger partial charge in [0, 0.05) is 5.56 Å². The largest absolute Gasteiger partial charge is 0.465 e. The van der Waals surface area contributed by atoms with Crippen molar-refractivity contribution in [2.45, 2.75) is 13.0 Å². The second-order valence-corrected chi connectivity index (χ2v) is 6.80. The number of hydrogen-bond acceptors (Lipinski definition) is 6. The first-order chi connectivity index (χ1) is 13.2. The average Bonchev–Trinajstić information content (AvgIpc) is 3.05. The van der Waals surface area contributed by atoms with E-state index in [1.165, 1.54) is 7.11 Å². The van der Waals surface area contributed by atoms with E-state index in [-0.39, 0.29) is 6.04 Å². The molecule has 6 heteroatoms. The third kappa shape index (κ3) is 3.94. The van der Waals surface area contributed by atoms with E-state index in [1.807, 2.05) is 60.7 Å². The molecule has 0 spiro atoms. The lowest BCUT2D eigenvalue weighted by Gasteiger charge is -2.12. The van der Waals surface area contributed by atoms with Gasteiger partial charge in [0.2, 0.25) is 0 Å². The Hall–Kier alpha value is -3.30. The summed E-state index contributed by atoms with van der Waals surface area (Å²) in [5.74, 6) is -0.474. The van der Waals surface area contributed by atoms with Crippen LogP contribution in [-0.2, 0) is 4.74 Å². The molecular formula is C21H17N3O2S. The molecule has 0 unspecified atom stereocenters. The third-order valence-corrected chi connectivity index (χ3v) is 5.26. The fourth-order valence-corrected chi connectivity index (χ4v) is 3.66. The van der Waals surface area contributed by atoms with Crippen LogP contribution >= 0.6 is 11.3 Å². The highest BCUT2D eigenvalue weighted by Gasteiger charge is 2.21. The number of benzene rings is 2. The second kappa shape index (κ2) is 8.39. The number of rotatable bonds is 5. The fraction of sp³-hybridized carbons (Fsp3) is 0.143. The summed E-state index contributed by atoms with van der Waals surface area (Å²) >= 11 is 1.07. The molecule has 3 rings (SSSR count). The third-order valence-electron chi connectivity index (χ3n) is 4.09. The Kier molecular flexibility index (Phi) is 5.74. The van der Waals surface area contributed by atoms with Gasteiger partial charge in [0.25, 0.3) is 0 Å². The number of hydrogen-bond donors (Lipinski definition) is 0. The zero-order valence-corrected chi connectivity index (χ0v) is 15.7. The van der Waals surface area contributed by atoms with Gasteiger partial charge in [0.1, 0.15) is 27.6 Å². The molecule has 5 nitrogen and oxygen atoms in total. The summed E-state index contributed by atoms with van der Waals surface area (Å²) in [6.07, 6.45) is 0. The Bertz CT molecular complexity index is 966. The van der Waals surface area contributed by atoms with Crippen molar-refractivity contribution in [2.24, 2.45) is 10.2 Å². The van der Waals surface area contributed by atoms with Crippen LogP contribution < -0.4 is 0 Å². The van der Waals surface area contributed by atoms with Crippen LogP contribution in [0.5, 0.6) is 0 Å². The van der Waals surface area contributed by atoms with E-state index in [4.69, 9.17) is 4.74 Å². The van der Waals surface area contributed by atoms with Crippen LogP contribution in [0.15, 0.2) is 70.9 Å². The van der Waals surface area contributed by atoms with Crippen LogP contribution in [-0.4, -0.2) is 13.1 Å². The molecule has 0 radical (unpaired) electrons. The second-order valence-electron chi connectivity index (χ2n) is 5.78. The molecule has 0 atom stereocenters. The minimum atomic E-state index is -0.474. The molecule has 0 aliphatic heterocycles. The molecule has 1 heterocycles. The van der Waals surface area contributed by atoms with Crippen LogP contribution in [0.25, 0.3) is 0 Å². The van der Waals surface area contributed by atoms with Crippen molar-refractivity contribution in [3.05, 3.63) is 87.1 Å². The molecule has 27 heavy (non-hydrogen) atoms. The first kappa shape index (κ1) is 18.5. The Morgan fingerprint density at radius 3 is 2.11 bits per heavy atom. The molecule has 0 bridgehead atoms. The number of azo groups is 1. The monoisotopic (exact) mass is 375 g/mol. The minimum absolute atomic E-state index is 0.306. The molecule has 0 fully saturated rings. The highest BCUT2D eigenvalue weighted by molar-refractivity contribution is 7.15. The smallest absolute Gasteiger partial charge is 0.348 e. The minimum Gasteiger partial charge on any atom is -0.465 e. The van der Waals surface area contributed by atoms with Crippen LogP contribution in [0.3, 0.4) is 0 Å². The normalized spacial score (nSPS) is 10.9. The molecule has 1 aromatic heterocycles. The van der Waals surface area contributed by atoms with Crippen molar-refractivity contribution in [3.8, 4) is 6.07 Å². The summed E-state index contributed by atoms with van der Waals surface area (Å²) in [6, 6.07) is 21.4. The topological polar surface area (TPSA) is 74.8 Å². The fourth-order valence-electron chi connectivity index (χ4n) is 2.70. The first-order valence-corrected chi connectivity index (χ1v) is 9.10. The summed E-state index contributed by atoms with van der Waals surface area (Å²) in [5, 5.41) is 18.3. The average molecular weight is 375 g/mol. The van der Waals surface area contributed by atoms with E-state index >= 15 is 0 Å². The summed E-state index contributed by atoms with van der Waals surface area (Å²) in [6.45, 7) is 1.75. The molecular weight excluding hydrogens is 358 g/mol. The number of nitrogens with zero attached hydrogens (tertiary/aromatic N) is 3. The Morgan fingerprint density at radius 1 is 1.07 bits per heavy atom. The molecule has 134 valence electrons. The number of ether oxygens (including phenoxy) is 1. The lowest BCUT2D eigenvalue weighted by Crippen LogP contribution is -1.99. The molecule has 0 saturated carbocycles. The van der Waals surface area contributed by atoms with Crippen LogP contribution in [0.2, 0.25) is 0 Å². The molecule has 0 N–H and O–H groups in total. The van der Waals surface area contributed by atoms with E-state index in [0.717, 1.165) is 22.5 Å². The SMILES string of the molecule is COC(=O)c1sc(C#N)c(N=NC(c2ccccc2)c2ccccc2)c1C. The highest BCUT2D eigenvalue weighted by Crippen LogP contribution is 2.37. The Balaban J connectivity index is 2.05. The molecule has 2 aromatic carbocycles. The lowest BCUT2D eigenvalue weighted by atomic mass is 10.00. The van der Waals surface area contributed by atoms with Gasteiger partial charge in [0.05, 0.1) is 7.11 Å². The zero-order chi connectivity index (χ0) is 19.2.